The second kappa shape index (κ2) is 5.91. The lowest BCUT2D eigenvalue weighted by atomic mass is 10.1. The van der Waals surface area contributed by atoms with Crippen LogP contribution in [0.4, 0.5) is 5.69 Å². The van der Waals surface area contributed by atoms with Gasteiger partial charge in [0, 0.05) is 24.5 Å². The van der Waals surface area contributed by atoms with E-state index in [0.717, 1.165) is 18.0 Å². The Morgan fingerprint density at radius 1 is 1.53 bits per heavy atom. The summed E-state index contributed by atoms with van der Waals surface area (Å²) >= 11 is 0. The number of nitriles is 1. The number of nitrogens with zero attached hydrogens (tertiary/aromatic N) is 3. The third-order valence-corrected chi connectivity index (χ3v) is 2.77. The molecule has 5 heteroatoms. The Labute approximate surface area is 112 Å². The first kappa shape index (κ1) is 13.0. The van der Waals surface area contributed by atoms with Crippen LogP contribution in [0.25, 0.3) is 0 Å². The van der Waals surface area contributed by atoms with Crippen molar-refractivity contribution in [2.24, 2.45) is 0 Å². The standard InChI is InChI=1S/C14H16N4O/c1-11(10-18-7-3-6-16-18)17-14-8-13(19-2)5-4-12(14)9-15/h3-8,11,17H,10H2,1-2H3. The fourth-order valence-electron chi connectivity index (χ4n) is 1.87. The van der Waals surface area contributed by atoms with Crippen molar-refractivity contribution in [1.29, 1.82) is 5.26 Å². The molecule has 0 aliphatic carbocycles. The van der Waals surface area contributed by atoms with Crippen molar-refractivity contribution in [3.05, 3.63) is 42.2 Å². The minimum Gasteiger partial charge on any atom is -0.497 e. The van der Waals surface area contributed by atoms with Gasteiger partial charge in [0.25, 0.3) is 0 Å². The largest absolute Gasteiger partial charge is 0.497 e. The van der Waals surface area contributed by atoms with Gasteiger partial charge in [-0.2, -0.15) is 10.4 Å². The zero-order chi connectivity index (χ0) is 13.7. The van der Waals surface area contributed by atoms with Crippen LogP contribution in [0.5, 0.6) is 5.75 Å². The molecule has 1 N–H and O–H groups in total. The molecular formula is C14H16N4O. The summed E-state index contributed by atoms with van der Waals surface area (Å²) in [7, 11) is 1.61. The van der Waals surface area contributed by atoms with Crippen LogP contribution < -0.4 is 10.1 Å². The normalized spacial score (nSPS) is 11.6. The van der Waals surface area contributed by atoms with Gasteiger partial charge < -0.3 is 10.1 Å². The lowest BCUT2D eigenvalue weighted by Crippen LogP contribution is -2.22. The summed E-state index contributed by atoms with van der Waals surface area (Å²) in [5.74, 6) is 0.729. The van der Waals surface area contributed by atoms with Crippen molar-refractivity contribution < 1.29 is 4.74 Å². The van der Waals surface area contributed by atoms with Gasteiger partial charge in [0.05, 0.1) is 24.9 Å². The lowest BCUT2D eigenvalue weighted by molar-refractivity contribution is 0.415. The van der Waals surface area contributed by atoms with Gasteiger partial charge in [0.2, 0.25) is 0 Å². The van der Waals surface area contributed by atoms with Crippen molar-refractivity contribution in [3.63, 3.8) is 0 Å². The highest BCUT2D eigenvalue weighted by Gasteiger charge is 2.08. The molecule has 0 spiro atoms. The van der Waals surface area contributed by atoms with E-state index in [1.165, 1.54) is 0 Å². The Bertz CT molecular complexity index is 572. The Morgan fingerprint density at radius 2 is 2.37 bits per heavy atom. The number of aromatic nitrogens is 2. The molecule has 0 bridgehead atoms. The molecule has 0 radical (unpaired) electrons. The van der Waals surface area contributed by atoms with Gasteiger partial charge in [-0.25, -0.2) is 0 Å². The number of nitrogens with one attached hydrogen (secondary N) is 1. The maximum Gasteiger partial charge on any atom is 0.121 e. The molecule has 98 valence electrons. The molecule has 0 saturated heterocycles. The maximum atomic E-state index is 9.10. The topological polar surface area (TPSA) is 62.9 Å². The highest BCUT2D eigenvalue weighted by molar-refractivity contribution is 5.60. The summed E-state index contributed by atoms with van der Waals surface area (Å²) in [5.41, 5.74) is 1.38. The molecule has 0 amide bonds. The first-order chi connectivity index (χ1) is 9.22. The van der Waals surface area contributed by atoms with Gasteiger partial charge in [-0.3, -0.25) is 4.68 Å². The van der Waals surface area contributed by atoms with Gasteiger partial charge in [0.15, 0.2) is 0 Å². The molecule has 0 aliphatic heterocycles. The molecule has 1 aromatic carbocycles. The van der Waals surface area contributed by atoms with Crippen molar-refractivity contribution in [1.82, 2.24) is 9.78 Å². The van der Waals surface area contributed by atoms with Crippen molar-refractivity contribution in [2.45, 2.75) is 19.5 Å². The van der Waals surface area contributed by atoms with E-state index in [1.807, 2.05) is 29.9 Å². The summed E-state index contributed by atoms with van der Waals surface area (Å²) in [6.45, 7) is 2.78. The highest BCUT2D eigenvalue weighted by atomic mass is 16.5. The molecule has 0 saturated carbocycles. The summed E-state index contributed by atoms with van der Waals surface area (Å²) < 4.78 is 7.03. The maximum absolute atomic E-state index is 9.10. The average molecular weight is 256 g/mol. The summed E-state index contributed by atoms with van der Waals surface area (Å²) in [6, 6.07) is 9.57. The third-order valence-electron chi connectivity index (χ3n) is 2.77. The van der Waals surface area contributed by atoms with Gasteiger partial charge in [-0.1, -0.05) is 0 Å². The van der Waals surface area contributed by atoms with Crippen LogP contribution >= 0.6 is 0 Å². The molecule has 1 heterocycles. The van der Waals surface area contributed by atoms with Crippen LogP contribution in [0.2, 0.25) is 0 Å². The predicted octanol–water partition coefficient (Wildman–Crippen LogP) is 2.26. The molecular weight excluding hydrogens is 240 g/mol. The molecule has 0 fully saturated rings. The fourth-order valence-corrected chi connectivity index (χ4v) is 1.87. The Balaban J connectivity index is 2.11. The lowest BCUT2D eigenvalue weighted by Gasteiger charge is -2.17. The van der Waals surface area contributed by atoms with Gasteiger partial charge in [-0.05, 0) is 25.1 Å². The smallest absolute Gasteiger partial charge is 0.121 e. The number of methoxy groups -OCH3 is 1. The quantitative estimate of drug-likeness (QED) is 0.891. The van der Waals surface area contributed by atoms with Crippen molar-refractivity contribution in [2.75, 3.05) is 12.4 Å². The van der Waals surface area contributed by atoms with Gasteiger partial charge in [0.1, 0.15) is 11.8 Å². The minimum atomic E-state index is 0.152. The third kappa shape index (κ3) is 3.26. The summed E-state index contributed by atoms with van der Waals surface area (Å²) in [4.78, 5) is 0. The molecule has 19 heavy (non-hydrogen) atoms. The van der Waals surface area contributed by atoms with E-state index in [9.17, 15) is 0 Å². The van der Waals surface area contributed by atoms with E-state index in [2.05, 4.69) is 16.5 Å². The van der Waals surface area contributed by atoms with E-state index >= 15 is 0 Å². The molecule has 1 atom stereocenters. The molecule has 5 nitrogen and oxygen atoms in total. The fraction of sp³-hybridized carbons (Fsp3) is 0.286. The van der Waals surface area contributed by atoms with Crippen LogP contribution in [0.15, 0.2) is 36.7 Å². The van der Waals surface area contributed by atoms with Crippen molar-refractivity contribution >= 4 is 5.69 Å². The van der Waals surface area contributed by atoms with E-state index < -0.39 is 0 Å². The number of hydrogen-bond acceptors (Lipinski definition) is 4. The van der Waals surface area contributed by atoms with E-state index in [-0.39, 0.29) is 6.04 Å². The Morgan fingerprint density at radius 3 is 3.00 bits per heavy atom. The first-order valence-electron chi connectivity index (χ1n) is 6.05. The Kier molecular flexibility index (Phi) is 4.04. The van der Waals surface area contributed by atoms with Crippen LogP contribution in [0.1, 0.15) is 12.5 Å². The van der Waals surface area contributed by atoms with E-state index in [0.29, 0.717) is 5.56 Å². The van der Waals surface area contributed by atoms with Crippen LogP contribution in [-0.2, 0) is 6.54 Å². The average Bonchev–Trinajstić information content (AvgIpc) is 2.91. The van der Waals surface area contributed by atoms with Gasteiger partial charge >= 0.3 is 0 Å². The number of rotatable bonds is 5. The first-order valence-corrected chi connectivity index (χ1v) is 6.05. The van der Waals surface area contributed by atoms with Crippen LogP contribution in [0.3, 0.4) is 0 Å². The zero-order valence-corrected chi connectivity index (χ0v) is 11.0. The molecule has 1 aromatic heterocycles. The van der Waals surface area contributed by atoms with E-state index in [4.69, 9.17) is 10.00 Å². The minimum absolute atomic E-state index is 0.152. The van der Waals surface area contributed by atoms with Crippen molar-refractivity contribution in [3.8, 4) is 11.8 Å². The molecule has 0 aliphatic rings. The predicted molar refractivity (Wildman–Crippen MR) is 73.0 cm³/mol. The number of ether oxygens (including phenoxy) is 1. The second-order valence-corrected chi connectivity index (χ2v) is 4.30. The van der Waals surface area contributed by atoms with Gasteiger partial charge in [-0.15, -0.1) is 0 Å². The highest BCUT2D eigenvalue weighted by Crippen LogP contribution is 2.22. The SMILES string of the molecule is COc1ccc(C#N)c(NC(C)Cn2cccn2)c1. The zero-order valence-electron chi connectivity index (χ0n) is 11.0. The second-order valence-electron chi connectivity index (χ2n) is 4.30. The summed E-state index contributed by atoms with van der Waals surface area (Å²) in [6.07, 6.45) is 3.66. The molecule has 1 unspecified atom stereocenters. The monoisotopic (exact) mass is 256 g/mol. The Hall–Kier alpha value is -2.48. The molecule has 2 aromatic rings. The number of anilines is 1. The molecule has 2 rings (SSSR count). The number of hydrogen-bond donors (Lipinski definition) is 1. The van der Waals surface area contributed by atoms with Crippen LogP contribution in [-0.4, -0.2) is 22.9 Å². The van der Waals surface area contributed by atoms with Crippen LogP contribution in [0, 0.1) is 11.3 Å². The van der Waals surface area contributed by atoms with E-state index in [1.54, 1.807) is 25.4 Å². The summed E-state index contributed by atoms with van der Waals surface area (Å²) in [5, 5.41) is 16.6. The number of benzene rings is 1.